The van der Waals surface area contributed by atoms with Gasteiger partial charge in [0.1, 0.15) is 121 Å². The number of ether oxygens (including phenoxy) is 14. The summed E-state index contributed by atoms with van der Waals surface area (Å²) in [7, 11) is 0. The van der Waals surface area contributed by atoms with Crippen molar-refractivity contribution >= 4 is 5.97 Å². The Hall–Kier alpha value is -1.99. The van der Waals surface area contributed by atoms with Gasteiger partial charge in [0.05, 0.1) is 70.0 Å². The Bertz CT molecular complexity index is 2880. The van der Waals surface area contributed by atoms with Crippen molar-refractivity contribution in [2.75, 3.05) is 46.2 Å². The summed E-state index contributed by atoms with van der Waals surface area (Å²) in [5.74, 6) is -0.448. The monoisotopic (exact) mass is 1440 g/mol. The molecule has 4 saturated carbocycles. The van der Waals surface area contributed by atoms with Crippen molar-refractivity contribution in [2.24, 2.45) is 50.2 Å². The van der Waals surface area contributed by atoms with Crippen LogP contribution in [0.3, 0.4) is 0 Å². The van der Waals surface area contributed by atoms with Gasteiger partial charge in [0, 0.05) is 0 Å². The lowest BCUT2D eigenvalue weighted by Crippen LogP contribution is -2.66. The summed E-state index contributed by atoms with van der Waals surface area (Å²) >= 11 is 0. The topological polar surface area (TPSA) is 490 Å². The first-order valence-corrected chi connectivity index (χ1v) is 35.6. The second kappa shape index (κ2) is 28.5. The van der Waals surface area contributed by atoms with Crippen LogP contribution in [0.5, 0.6) is 0 Å². The minimum absolute atomic E-state index is 0.137. The Morgan fingerprint density at radius 2 is 1.12 bits per heavy atom. The standard InChI is InChI=1S/C68H110O32/c1-28-38(72)40(74)44(78)56(92-28)99-50-33(21-69)94-57(46(80)42(50)76)100-60(84)66-18-16-61(3,4)20-31(66)30-10-11-36-63(7)14-13-37(62(5,6)35(63)12-15-65(36,9)64(30,8)17-19-66)96-55-45(79)41(75)48(29(2)93-55)97-59-52(83)68(86,27-91-59)26-89-53-47(81)49(32(71)22-87-53)98-54-43(77)39(73)34(23-88-54)95-58-51(82)67(85,24-70)25-90-58/h10,28-29,31-59,69-83,85-86H,11-27H2,1-9H3/t28?,29?,31?,32?,33?,34?,35?,36?,37-,38?,39?,40?,41?,42?,43?,44?,45?,46?,47?,48?,49?,50?,51?,52?,53?,54?,55?,56?,57?,58?,59?,63-,64+,65+,66-,67?,68?/m0/s1. The van der Waals surface area contributed by atoms with E-state index < -0.39 is 246 Å². The summed E-state index contributed by atoms with van der Waals surface area (Å²) in [6.45, 7) is 14.7. The van der Waals surface area contributed by atoms with E-state index in [9.17, 15) is 86.8 Å². The van der Waals surface area contributed by atoms with Gasteiger partial charge in [-0.1, -0.05) is 60.1 Å². The number of hydrogen-bond donors (Lipinski definition) is 17. The fourth-order valence-electron chi connectivity index (χ4n) is 19.7. The van der Waals surface area contributed by atoms with Crippen LogP contribution in [0.15, 0.2) is 11.6 Å². The lowest BCUT2D eigenvalue weighted by atomic mass is 9.33. The van der Waals surface area contributed by atoms with Gasteiger partial charge in [0.15, 0.2) is 37.7 Å². The molecule has 32 nitrogen and oxygen atoms in total. The average molecular weight is 1440 g/mol. The molecular weight excluding hydrogens is 1330 g/mol. The molecule has 0 bridgehead atoms. The number of fused-ring (bicyclic) bond motifs is 7. The Morgan fingerprint density at radius 1 is 0.530 bits per heavy atom. The van der Waals surface area contributed by atoms with E-state index in [1.807, 2.05) is 0 Å². The molecule has 100 heavy (non-hydrogen) atoms. The molecule has 7 heterocycles. The highest BCUT2D eigenvalue weighted by molar-refractivity contribution is 5.79. The molecule has 12 aliphatic rings. The van der Waals surface area contributed by atoms with Crippen molar-refractivity contribution in [2.45, 2.75) is 310 Å². The van der Waals surface area contributed by atoms with Gasteiger partial charge in [0.25, 0.3) is 0 Å². The quantitative estimate of drug-likeness (QED) is 0.0375. The van der Waals surface area contributed by atoms with Gasteiger partial charge < -0.3 is 153 Å². The maximum atomic E-state index is 15.2. The van der Waals surface area contributed by atoms with Crippen molar-refractivity contribution in [3.63, 3.8) is 0 Å². The summed E-state index contributed by atoms with van der Waals surface area (Å²) < 4.78 is 81.8. The zero-order valence-electron chi connectivity index (χ0n) is 58.2. The highest BCUT2D eigenvalue weighted by Crippen LogP contribution is 2.76. The van der Waals surface area contributed by atoms with Gasteiger partial charge >= 0.3 is 5.97 Å². The van der Waals surface area contributed by atoms with Crippen LogP contribution in [0.4, 0.5) is 0 Å². The molecule has 32 unspecified atom stereocenters. The third-order valence-corrected chi connectivity index (χ3v) is 26.3. The number of carbonyl (C=O) groups excluding carboxylic acids is 1. The van der Waals surface area contributed by atoms with Gasteiger partial charge in [-0.25, -0.2) is 0 Å². The van der Waals surface area contributed by atoms with Crippen molar-refractivity contribution in [1.29, 1.82) is 0 Å². The van der Waals surface area contributed by atoms with E-state index in [0.29, 0.717) is 32.1 Å². The zero-order chi connectivity index (χ0) is 72.7. The van der Waals surface area contributed by atoms with E-state index in [4.69, 9.17) is 66.3 Å². The van der Waals surface area contributed by atoms with Crippen molar-refractivity contribution in [1.82, 2.24) is 0 Å². The highest BCUT2D eigenvalue weighted by Gasteiger charge is 2.71. The number of hydrogen-bond acceptors (Lipinski definition) is 32. The summed E-state index contributed by atoms with van der Waals surface area (Å²) in [4.78, 5) is 15.2. The maximum absolute atomic E-state index is 15.2. The largest absolute Gasteiger partial charge is 0.432 e. The number of esters is 1. The molecule has 0 spiro atoms. The Labute approximate surface area is 580 Å². The van der Waals surface area contributed by atoms with Crippen molar-refractivity contribution < 1.29 is 158 Å². The van der Waals surface area contributed by atoms with E-state index in [0.717, 1.165) is 32.1 Å². The van der Waals surface area contributed by atoms with E-state index in [-0.39, 0.29) is 39.4 Å². The smallest absolute Gasteiger partial charge is 0.315 e. The minimum atomic E-state index is -2.21. The highest BCUT2D eigenvalue weighted by atomic mass is 16.8. The second-order valence-corrected chi connectivity index (χ2v) is 33.2. The molecule has 5 aliphatic carbocycles. The minimum Gasteiger partial charge on any atom is -0.432 e. The Balaban J connectivity index is 0.647. The Morgan fingerprint density at radius 3 is 1.81 bits per heavy atom. The van der Waals surface area contributed by atoms with Crippen LogP contribution in [-0.4, -0.2) is 322 Å². The summed E-state index contributed by atoms with van der Waals surface area (Å²) in [6.07, 6.45) is -33.3. The van der Waals surface area contributed by atoms with Gasteiger partial charge in [0.2, 0.25) is 6.29 Å². The molecule has 7 saturated heterocycles. The molecule has 574 valence electrons. The predicted octanol–water partition coefficient (Wildman–Crippen LogP) is -3.95. The van der Waals surface area contributed by atoms with Gasteiger partial charge in [-0.05, 0) is 123 Å². The van der Waals surface area contributed by atoms with E-state index >= 15 is 4.79 Å². The fourth-order valence-corrected chi connectivity index (χ4v) is 19.7. The van der Waals surface area contributed by atoms with Crippen LogP contribution in [0, 0.1) is 50.2 Å². The molecule has 7 aliphatic heterocycles. The predicted molar refractivity (Wildman–Crippen MR) is 334 cm³/mol. The number of carbonyl (C=O) groups is 1. The van der Waals surface area contributed by atoms with Crippen molar-refractivity contribution in [3.05, 3.63) is 11.6 Å². The van der Waals surface area contributed by atoms with E-state index in [1.54, 1.807) is 6.92 Å². The molecule has 32 heteroatoms. The van der Waals surface area contributed by atoms with Crippen LogP contribution < -0.4 is 0 Å². The number of aliphatic hydroxyl groups excluding tert-OH is 15. The van der Waals surface area contributed by atoms with Crippen LogP contribution in [-0.2, 0) is 71.1 Å². The van der Waals surface area contributed by atoms with E-state index in [1.165, 1.54) is 12.5 Å². The van der Waals surface area contributed by atoms with Crippen molar-refractivity contribution in [3.8, 4) is 0 Å². The lowest BCUT2D eigenvalue weighted by molar-refractivity contribution is -0.353. The number of rotatable bonds is 17. The third kappa shape index (κ3) is 13.2. The van der Waals surface area contributed by atoms with E-state index in [2.05, 4.69) is 54.5 Å². The molecule has 11 fully saturated rings. The first kappa shape index (κ1) is 77.6. The van der Waals surface area contributed by atoms with Crippen LogP contribution in [0.2, 0.25) is 0 Å². The molecular formula is C68H110O32. The summed E-state index contributed by atoms with van der Waals surface area (Å²) in [5, 5.41) is 186. The van der Waals surface area contributed by atoms with Crippen LogP contribution >= 0.6 is 0 Å². The SMILES string of the molecule is CC1OC(OC2C(CO)OC(OC(=O)[C@]34CCC(C)(C)CC3C3=CCC5[C@@]6(C)CC[C@H](OC7OC(C)C(OC8OCC(O)(COC9OCC(O)C(OC%10OCC(OC%11OCC(O)(CO)C%11O)C(O)C%10O)C9O)C8O)C(O)C7O)C(C)(C)C6CC[C@@]5(C)[C@]3(C)CC4)C(O)C2O)C(O)C(O)C1O. The first-order chi connectivity index (χ1) is 46.8. The molecule has 0 aromatic heterocycles. The molecule has 17 N–H and O–H groups in total. The van der Waals surface area contributed by atoms with Gasteiger partial charge in [-0.3, -0.25) is 4.79 Å². The fraction of sp³-hybridized carbons (Fsp3) is 0.956. The molecule has 37 atom stereocenters. The number of allylic oxidation sites excluding steroid dienone is 2. The van der Waals surface area contributed by atoms with Crippen LogP contribution in [0.25, 0.3) is 0 Å². The maximum Gasteiger partial charge on any atom is 0.315 e. The molecule has 0 aromatic carbocycles. The molecule has 0 aromatic rings. The second-order valence-electron chi connectivity index (χ2n) is 33.2. The molecule has 0 radical (unpaired) electrons. The van der Waals surface area contributed by atoms with Crippen LogP contribution in [0.1, 0.15) is 127 Å². The third-order valence-electron chi connectivity index (χ3n) is 26.3. The lowest BCUT2D eigenvalue weighted by Gasteiger charge is -2.71. The summed E-state index contributed by atoms with van der Waals surface area (Å²) in [5.41, 5.74) is -5.38. The molecule has 0 amide bonds. The summed E-state index contributed by atoms with van der Waals surface area (Å²) in [6, 6.07) is 0. The van der Waals surface area contributed by atoms with Gasteiger partial charge in [-0.2, -0.15) is 0 Å². The Kier molecular flexibility index (Phi) is 22.2. The molecule has 12 rings (SSSR count). The normalized spacial score (nSPS) is 54.6. The first-order valence-electron chi connectivity index (χ1n) is 35.6. The van der Waals surface area contributed by atoms with Gasteiger partial charge in [-0.15, -0.1) is 0 Å². The average Bonchev–Trinajstić information content (AvgIpc) is 0.789. The zero-order valence-corrected chi connectivity index (χ0v) is 58.2. The number of aliphatic hydroxyl groups is 17.